The van der Waals surface area contributed by atoms with Crippen LogP contribution in [0.5, 0.6) is 0 Å². The fourth-order valence-electron chi connectivity index (χ4n) is 1.92. The molecule has 0 aliphatic carbocycles. The van der Waals surface area contributed by atoms with E-state index in [1.165, 1.54) is 5.56 Å². The summed E-state index contributed by atoms with van der Waals surface area (Å²) < 4.78 is 0. The first-order valence-electron chi connectivity index (χ1n) is 6.96. The van der Waals surface area contributed by atoms with Gasteiger partial charge in [0.1, 0.15) is 0 Å². The molecule has 0 saturated heterocycles. The zero-order valence-electron chi connectivity index (χ0n) is 12.5. The Morgan fingerprint density at radius 1 is 1.26 bits per heavy atom. The van der Waals surface area contributed by atoms with Crippen LogP contribution in [0.4, 0.5) is 0 Å². The average Bonchev–Trinajstić information content (AvgIpc) is 2.35. The number of amides is 1. The van der Waals surface area contributed by atoms with E-state index >= 15 is 0 Å². The van der Waals surface area contributed by atoms with Crippen molar-refractivity contribution in [3.63, 3.8) is 0 Å². The molecule has 1 atom stereocenters. The Labute approximate surface area is 116 Å². The highest BCUT2D eigenvalue weighted by Crippen LogP contribution is 2.22. The standard InChI is InChI=1S/C16H26N2O/c1-12(6-5-11-17)18-15(19)13-7-9-14(10-8-13)16(2,3)4/h7-10,12H,5-6,11,17H2,1-4H3,(H,18,19). The third kappa shape index (κ3) is 5.03. The van der Waals surface area contributed by atoms with Crippen molar-refractivity contribution < 1.29 is 4.79 Å². The SMILES string of the molecule is CC(CCCN)NC(=O)c1ccc(C(C)(C)C)cc1. The van der Waals surface area contributed by atoms with Gasteiger partial charge in [-0.15, -0.1) is 0 Å². The zero-order chi connectivity index (χ0) is 14.5. The zero-order valence-corrected chi connectivity index (χ0v) is 12.5. The molecule has 19 heavy (non-hydrogen) atoms. The second kappa shape index (κ2) is 6.71. The highest BCUT2D eigenvalue weighted by atomic mass is 16.1. The molecule has 0 fully saturated rings. The normalized spacial score (nSPS) is 13.1. The molecule has 3 N–H and O–H groups in total. The van der Waals surface area contributed by atoms with Crippen molar-refractivity contribution in [2.45, 2.75) is 52.0 Å². The summed E-state index contributed by atoms with van der Waals surface area (Å²) in [5, 5.41) is 2.99. The van der Waals surface area contributed by atoms with E-state index in [1.54, 1.807) is 0 Å². The predicted molar refractivity (Wildman–Crippen MR) is 80.4 cm³/mol. The second-order valence-electron chi connectivity index (χ2n) is 6.13. The van der Waals surface area contributed by atoms with Crippen LogP contribution in [0.3, 0.4) is 0 Å². The van der Waals surface area contributed by atoms with Crippen LogP contribution in [0.25, 0.3) is 0 Å². The molecule has 0 aromatic heterocycles. The molecule has 0 bridgehead atoms. The summed E-state index contributed by atoms with van der Waals surface area (Å²) in [5.74, 6) is -0.00928. The summed E-state index contributed by atoms with van der Waals surface area (Å²) in [6, 6.07) is 8.01. The molecule has 3 nitrogen and oxygen atoms in total. The van der Waals surface area contributed by atoms with Crippen LogP contribution in [0.15, 0.2) is 24.3 Å². The quantitative estimate of drug-likeness (QED) is 0.857. The van der Waals surface area contributed by atoms with Crippen molar-refractivity contribution >= 4 is 5.91 Å². The summed E-state index contributed by atoms with van der Waals surface area (Å²) in [7, 11) is 0. The minimum absolute atomic E-state index is 0.00928. The van der Waals surface area contributed by atoms with E-state index in [1.807, 2.05) is 31.2 Å². The number of carbonyl (C=O) groups is 1. The Morgan fingerprint density at radius 3 is 2.32 bits per heavy atom. The third-order valence-electron chi connectivity index (χ3n) is 3.23. The van der Waals surface area contributed by atoms with E-state index in [0.29, 0.717) is 12.1 Å². The van der Waals surface area contributed by atoms with Gasteiger partial charge in [-0.1, -0.05) is 32.9 Å². The van der Waals surface area contributed by atoms with E-state index in [2.05, 4.69) is 26.1 Å². The van der Waals surface area contributed by atoms with Crippen LogP contribution in [-0.4, -0.2) is 18.5 Å². The van der Waals surface area contributed by atoms with E-state index < -0.39 is 0 Å². The molecule has 0 aliphatic rings. The molecule has 1 unspecified atom stereocenters. The minimum Gasteiger partial charge on any atom is -0.350 e. The molecule has 0 saturated carbocycles. The van der Waals surface area contributed by atoms with Gasteiger partial charge >= 0.3 is 0 Å². The Hall–Kier alpha value is -1.35. The highest BCUT2D eigenvalue weighted by molar-refractivity contribution is 5.94. The maximum absolute atomic E-state index is 12.0. The first-order valence-corrected chi connectivity index (χ1v) is 6.96. The molecule has 0 radical (unpaired) electrons. The molecule has 106 valence electrons. The van der Waals surface area contributed by atoms with Gasteiger partial charge < -0.3 is 11.1 Å². The Bertz CT molecular complexity index is 404. The molecule has 1 rings (SSSR count). The lowest BCUT2D eigenvalue weighted by molar-refractivity contribution is 0.0938. The van der Waals surface area contributed by atoms with Crippen molar-refractivity contribution in [1.82, 2.24) is 5.32 Å². The Balaban J connectivity index is 2.63. The number of nitrogens with one attached hydrogen (secondary N) is 1. The molecular formula is C16H26N2O. The lowest BCUT2D eigenvalue weighted by Gasteiger charge is -2.19. The lowest BCUT2D eigenvalue weighted by atomic mass is 9.86. The van der Waals surface area contributed by atoms with Crippen LogP contribution < -0.4 is 11.1 Å². The summed E-state index contributed by atoms with van der Waals surface area (Å²) in [6.07, 6.45) is 1.85. The molecule has 1 aromatic carbocycles. The van der Waals surface area contributed by atoms with Gasteiger partial charge in [-0.3, -0.25) is 4.79 Å². The van der Waals surface area contributed by atoms with E-state index in [9.17, 15) is 4.79 Å². The number of hydrogen-bond donors (Lipinski definition) is 2. The predicted octanol–water partition coefficient (Wildman–Crippen LogP) is 2.84. The van der Waals surface area contributed by atoms with Crippen molar-refractivity contribution in [3.8, 4) is 0 Å². The van der Waals surface area contributed by atoms with Gasteiger partial charge in [0, 0.05) is 11.6 Å². The topological polar surface area (TPSA) is 55.1 Å². The molecule has 0 spiro atoms. The Kier molecular flexibility index (Phi) is 5.55. The molecule has 3 heteroatoms. The van der Waals surface area contributed by atoms with Gasteiger partial charge in [0.05, 0.1) is 0 Å². The van der Waals surface area contributed by atoms with E-state index in [0.717, 1.165) is 12.8 Å². The lowest BCUT2D eigenvalue weighted by Crippen LogP contribution is -2.32. The van der Waals surface area contributed by atoms with Gasteiger partial charge in [-0.05, 0) is 49.4 Å². The summed E-state index contributed by atoms with van der Waals surface area (Å²) in [5.41, 5.74) is 7.53. The van der Waals surface area contributed by atoms with Gasteiger partial charge in [0.25, 0.3) is 5.91 Å². The maximum Gasteiger partial charge on any atom is 0.251 e. The fraction of sp³-hybridized carbons (Fsp3) is 0.562. The first-order chi connectivity index (χ1) is 8.84. The summed E-state index contributed by atoms with van der Waals surface area (Å²) >= 11 is 0. The molecular weight excluding hydrogens is 236 g/mol. The smallest absolute Gasteiger partial charge is 0.251 e. The van der Waals surface area contributed by atoms with Crippen LogP contribution in [0.1, 0.15) is 56.5 Å². The van der Waals surface area contributed by atoms with E-state index in [-0.39, 0.29) is 17.4 Å². The summed E-state index contributed by atoms with van der Waals surface area (Å²) in [6.45, 7) is 9.17. The first kappa shape index (κ1) is 15.7. The average molecular weight is 262 g/mol. The van der Waals surface area contributed by atoms with Crippen molar-refractivity contribution in [1.29, 1.82) is 0 Å². The van der Waals surface area contributed by atoms with E-state index in [4.69, 9.17) is 5.73 Å². The van der Waals surface area contributed by atoms with Gasteiger partial charge in [0.15, 0.2) is 0 Å². The van der Waals surface area contributed by atoms with Crippen molar-refractivity contribution in [2.24, 2.45) is 5.73 Å². The van der Waals surface area contributed by atoms with Crippen LogP contribution in [0.2, 0.25) is 0 Å². The van der Waals surface area contributed by atoms with Crippen molar-refractivity contribution in [3.05, 3.63) is 35.4 Å². The second-order valence-corrected chi connectivity index (χ2v) is 6.13. The molecule has 0 heterocycles. The number of benzene rings is 1. The molecule has 1 aromatic rings. The Morgan fingerprint density at radius 2 is 1.84 bits per heavy atom. The maximum atomic E-state index is 12.0. The fourth-order valence-corrected chi connectivity index (χ4v) is 1.92. The monoisotopic (exact) mass is 262 g/mol. The van der Waals surface area contributed by atoms with Gasteiger partial charge in [0.2, 0.25) is 0 Å². The third-order valence-corrected chi connectivity index (χ3v) is 3.23. The largest absolute Gasteiger partial charge is 0.350 e. The van der Waals surface area contributed by atoms with Gasteiger partial charge in [-0.25, -0.2) is 0 Å². The molecule has 1 amide bonds. The number of nitrogens with two attached hydrogens (primary N) is 1. The highest BCUT2D eigenvalue weighted by Gasteiger charge is 2.14. The summed E-state index contributed by atoms with van der Waals surface area (Å²) in [4.78, 5) is 12.0. The minimum atomic E-state index is -0.00928. The number of rotatable bonds is 5. The molecule has 0 aliphatic heterocycles. The van der Waals surface area contributed by atoms with Crippen LogP contribution >= 0.6 is 0 Å². The number of hydrogen-bond acceptors (Lipinski definition) is 2. The van der Waals surface area contributed by atoms with Gasteiger partial charge in [-0.2, -0.15) is 0 Å². The van der Waals surface area contributed by atoms with Crippen LogP contribution in [-0.2, 0) is 5.41 Å². The van der Waals surface area contributed by atoms with Crippen LogP contribution in [0, 0.1) is 0 Å². The van der Waals surface area contributed by atoms with Crippen molar-refractivity contribution in [2.75, 3.05) is 6.54 Å². The number of carbonyl (C=O) groups excluding carboxylic acids is 1.